The van der Waals surface area contributed by atoms with E-state index >= 15 is 0 Å². The molecule has 1 aliphatic rings. The molecule has 5 heteroatoms. The van der Waals surface area contributed by atoms with Crippen molar-refractivity contribution >= 4 is 11.7 Å². The van der Waals surface area contributed by atoms with Gasteiger partial charge in [0.25, 0.3) is 0 Å². The summed E-state index contributed by atoms with van der Waals surface area (Å²) >= 11 is 0. The van der Waals surface area contributed by atoms with Crippen LogP contribution in [0.5, 0.6) is 0 Å². The van der Waals surface area contributed by atoms with Crippen LogP contribution in [0.15, 0.2) is 48.7 Å². The minimum absolute atomic E-state index is 0.0885. The molecular weight excluding hydrogens is 336 g/mol. The monoisotopic (exact) mass is 366 g/mol. The standard InChI is InChI=1S/C22H30N4O/c1-18-8-4-6-14-26(18)17-19-9-7-11-21(16-19)24-22(27)25(2)15-12-20-10-3-5-13-23-20/h3,5,7,9-11,13,16,18H,4,6,8,12,14-15,17H2,1-2H3,(H,24,27). The van der Waals surface area contributed by atoms with Crippen LogP contribution < -0.4 is 5.32 Å². The fraction of sp³-hybridized carbons (Fsp3) is 0.455. The average molecular weight is 367 g/mol. The molecule has 144 valence electrons. The van der Waals surface area contributed by atoms with Crippen molar-refractivity contribution in [1.29, 1.82) is 0 Å². The van der Waals surface area contributed by atoms with Gasteiger partial charge in [-0.2, -0.15) is 0 Å². The maximum Gasteiger partial charge on any atom is 0.321 e. The van der Waals surface area contributed by atoms with Gasteiger partial charge in [-0.15, -0.1) is 0 Å². The highest BCUT2D eigenvalue weighted by atomic mass is 16.2. The van der Waals surface area contributed by atoms with Gasteiger partial charge in [0, 0.05) is 50.2 Å². The molecule has 1 atom stereocenters. The Hall–Kier alpha value is -2.40. The van der Waals surface area contributed by atoms with Gasteiger partial charge in [-0.25, -0.2) is 4.79 Å². The van der Waals surface area contributed by atoms with Crippen LogP contribution in [0.2, 0.25) is 0 Å². The Morgan fingerprint density at radius 2 is 2.15 bits per heavy atom. The quantitative estimate of drug-likeness (QED) is 0.835. The number of carbonyl (C=O) groups is 1. The number of pyridine rings is 1. The fourth-order valence-electron chi connectivity index (χ4n) is 3.52. The number of benzene rings is 1. The molecule has 0 saturated carbocycles. The fourth-order valence-corrected chi connectivity index (χ4v) is 3.52. The van der Waals surface area contributed by atoms with E-state index in [1.54, 1.807) is 11.1 Å². The molecule has 1 N–H and O–H groups in total. The highest BCUT2D eigenvalue weighted by Gasteiger charge is 2.18. The lowest BCUT2D eigenvalue weighted by molar-refractivity contribution is 0.152. The van der Waals surface area contributed by atoms with Crippen molar-refractivity contribution in [1.82, 2.24) is 14.8 Å². The summed E-state index contributed by atoms with van der Waals surface area (Å²) in [4.78, 5) is 21.0. The summed E-state index contributed by atoms with van der Waals surface area (Å²) < 4.78 is 0. The molecule has 2 aromatic rings. The lowest BCUT2D eigenvalue weighted by Gasteiger charge is -2.33. The van der Waals surface area contributed by atoms with Gasteiger partial charge < -0.3 is 10.2 Å². The zero-order valence-electron chi connectivity index (χ0n) is 16.4. The minimum atomic E-state index is -0.0885. The molecule has 2 heterocycles. The highest BCUT2D eigenvalue weighted by Crippen LogP contribution is 2.20. The number of anilines is 1. The predicted molar refractivity (Wildman–Crippen MR) is 110 cm³/mol. The van der Waals surface area contributed by atoms with Crippen LogP contribution in [0.3, 0.4) is 0 Å². The topological polar surface area (TPSA) is 48.5 Å². The highest BCUT2D eigenvalue weighted by molar-refractivity contribution is 5.89. The van der Waals surface area contributed by atoms with Crippen molar-refractivity contribution in [2.24, 2.45) is 0 Å². The van der Waals surface area contributed by atoms with Gasteiger partial charge in [0.15, 0.2) is 0 Å². The van der Waals surface area contributed by atoms with Crippen molar-refractivity contribution in [2.75, 3.05) is 25.5 Å². The first-order valence-corrected chi connectivity index (χ1v) is 9.87. The van der Waals surface area contributed by atoms with E-state index in [9.17, 15) is 4.79 Å². The summed E-state index contributed by atoms with van der Waals surface area (Å²) in [6.07, 6.45) is 6.42. The van der Waals surface area contributed by atoms with Gasteiger partial charge in [-0.3, -0.25) is 9.88 Å². The van der Waals surface area contributed by atoms with Crippen LogP contribution in [0.4, 0.5) is 10.5 Å². The van der Waals surface area contributed by atoms with Crippen LogP contribution in [0.1, 0.15) is 37.4 Å². The van der Waals surface area contributed by atoms with Crippen molar-refractivity contribution < 1.29 is 4.79 Å². The van der Waals surface area contributed by atoms with Crippen LogP contribution in [-0.2, 0) is 13.0 Å². The average Bonchev–Trinajstić information content (AvgIpc) is 2.69. The number of rotatable bonds is 6. The molecule has 1 aromatic heterocycles. The van der Waals surface area contributed by atoms with Gasteiger partial charge in [0.05, 0.1) is 0 Å². The first-order valence-electron chi connectivity index (χ1n) is 9.87. The summed E-state index contributed by atoms with van der Waals surface area (Å²) in [7, 11) is 1.82. The molecule has 0 spiro atoms. The van der Waals surface area contributed by atoms with E-state index in [1.165, 1.54) is 24.8 Å². The van der Waals surface area contributed by atoms with Gasteiger partial charge in [0.1, 0.15) is 0 Å². The molecule has 2 amide bonds. The summed E-state index contributed by atoms with van der Waals surface area (Å²) in [5.74, 6) is 0. The largest absolute Gasteiger partial charge is 0.327 e. The number of likely N-dealkylation sites (tertiary alicyclic amines) is 1. The number of hydrogen-bond donors (Lipinski definition) is 1. The number of aromatic nitrogens is 1. The normalized spacial score (nSPS) is 17.5. The lowest BCUT2D eigenvalue weighted by Crippen LogP contribution is -2.36. The zero-order valence-corrected chi connectivity index (χ0v) is 16.4. The molecule has 1 aliphatic heterocycles. The third-order valence-corrected chi connectivity index (χ3v) is 5.28. The van der Waals surface area contributed by atoms with E-state index in [4.69, 9.17) is 0 Å². The number of urea groups is 1. The molecule has 1 fully saturated rings. The van der Waals surface area contributed by atoms with E-state index < -0.39 is 0 Å². The molecule has 1 aromatic carbocycles. The maximum atomic E-state index is 12.5. The van der Waals surface area contributed by atoms with Gasteiger partial charge in [0.2, 0.25) is 0 Å². The SMILES string of the molecule is CC1CCCCN1Cc1cccc(NC(=O)N(C)CCc2ccccn2)c1. The number of nitrogens with one attached hydrogen (secondary N) is 1. The van der Waals surface area contributed by atoms with E-state index in [1.807, 2.05) is 37.4 Å². The number of amides is 2. The van der Waals surface area contributed by atoms with Gasteiger partial charge in [-0.1, -0.05) is 24.6 Å². The zero-order chi connectivity index (χ0) is 19.1. The van der Waals surface area contributed by atoms with Crippen LogP contribution in [-0.4, -0.2) is 47.0 Å². The molecule has 5 nitrogen and oxygen atoms in total. The number of piperidine rings is 1. The molecule has 1 saturated heterocycles. The summed E-state index contributed by atoms with van der Waals surface area (Å²) in [5.41, 5.74) is 3.10. The van der Waals surface area contributed by atoms with Crippen LogP contribution in [0.25, 0.3) is 0 Å². The first kappa shape index (κ1) is 19.4. The third kappa shape index (κ3) is 5.79. The number of likely N-dealkylation sites (N-methyl/N-ethyl adjacent to an activating group) is 1. The molecule has 27 heavy (non-hydrogen) atoms. The second-order valence-electron chi connectivity index (χ2n) is 7.44. The Morgan fingerprint density at radius 3 is 2.93 bits per heavy atom. The molecule has 0 aliphatic carbocycles. The molecule has 3 rings (SSSR count). The molecule has 1 unspecified atom stereocenters. The van der Waals surface area contributed by atoms with Gasteiger partial charge >= 0.3 is 6.03 Å². The summed E-state index contributed by atoms with van der Waals surface area (Å²) in [5, 5.41) is 3.01. The van der Waals surface area contributed by atoms with E-state index in [0.29, 0.717) is 12.6 Å². The third-order valence-electron chi connectivity index (χ3n) is 5.28. The predicted octanol–water partition coefficient (Wildman–Crippen LogP) is 4.16. The van der Waals surface area contributed by atoms with E-state index in [0.717, 1.165) is 30.9 Å². The Morgan fingerprint density at radius 1 is 1.26 bits per heavy atom. The Balaban J connectivity index is 1.52. The second-order valence-corrected chi connectivity index (χ2v) is 7.44. The van der Waals surface area contributed by atoms with Crippen molar-refractivity contribution in [3.63, 3.8) is 0 Å². The second kappa shape index (κ2) is 9.51. The summed E-state index contributed by atoms with van der Waals surface area (Å²) in [6.45, 7) is 5.05. The van der Waals surface area contributed by atoms with E-state index in [2.05, 4.69) is 34.3 Å². The Labute approximate surface area is 162 Å². The molecule has 0 radical (unpaired) electrons. The van der Waals surface area contributed by atoms with Crippen molar-refractivity contribution in [3.8, 4) is 0 Å². The first-order chi connectivity index (χ1) is 13.1. The van der Waals surface area contributed by atoms with E-state index in [-0.39, 0.29) is 6.03 Å². The number of hydrogen-bond acceptors (Lipinski definition) is 3. The number of carbonyl (C=O) groups excluding carboxylic acids is 1. The van der Waals surface area contributed by atoms with Crippen molar-refractivity contribution in [2.45, 2.75) is 45.2 Å². The lowest BCUT2D eigenvalue weighted by atomic mass is 10.0. The van der Waals surface area contributed by atoms with Crippen molar-refractivity contribution in [3.05, 3.63) is 59.9 Å². The van der Waals surface area contributed by atoms with Crippen LogP contribution >= 0.6 is 0 Å². The van der Waals surface area contributed by atoms with Crippen LogP contribution in [0, 0.1) is 0 Å². The Kier molecular flexibility index (Phi) is 6.82. The maximum absolute atomic E-state index is 12.5. The molecular formula is C22H30N4O. The minimum Gasteiger partial charge on any atom is -0.327 e. The van der Waals surface area contributed by atoms with Gasteiger partial charge in [-0.05, 0) is 56.1 Å². The number of nitrogens with zero attached hydrogens (tertiary/aromatic N) is 3. The smallest absolute Gasteiger partial charge is 0.321 e. The summed E-state index contributed by atoms with van der Waals surface area (Å²) in [6, 6.07) is 14.6. The molecule has 0 bridgehead atoms. The Bertz CT molecular complexity index is 734.